The van der Waals surface area contributed by atoms with Gasteiger partial charge in [-0.15, -0.1) is 11.3 Å². The van der Waals surface area contributed by atoms with Gasteiger partial charge in [0.15, 0.2) is 0 Å². The van der Waals surface area contributed by atoms with Crippen LogP contribution in [0.3, 0.4) is 0 Å². The summed E-state index contributed by atoms with van der Waals surface area (Å²) < 4.78 is 27.8. The van der Waals surface area contributed by atoms with E-state index in [9.17, 15) is 13.2 Å². The van der Waals surface area contributed by atoms with Crippen LogP contribution >= 0.6 is 27.3 Å². The van der Waals surface area contributed by atoms with Crippen molar-refractivity contribution in [1.29, 1.82) is 0 Å². The second-order valence-electron chi connectivity index (χ2n) is 5.80. The van der Waals surface area contributed by atoms with E-state index in [2.05, 4.69) is 26.2 Å². The fourth-order valence-electron chi connectivity index (χ4n) is 2.82. The fraction of sp³-hybridized carbons (Fsp3) is 0.375. The normalized spacial score (nSPS) is 18.4. The van der Waals surface area contributed by atoms with Gasteiger partial charge in [0, 0.05) is 16.4 Å². The van der Waals surface area contributed by atoms with Crippen molar-refractivity contribution in [2.24, 2.45) is 0 Å². The number of hydrogen-bond donors (Lipinski definition) is 1. The second-order valence-corrected chi connectivity index (χ2v) is 9.67. The number of carbonyl (C=O) groups is 1. The minimum absolute atomic E-state index is 0.200. The molecule has 1 atom stereocenters. The van der Waals surface area contributed by atoms with Gasteiger partial charge in [-0.05, 0) is 44.0 Å². The number of hydrogen-bond acceptors (Lipinski definition) is 5. The van der Waals surface area contributed by atoms with Crippen LogP contribution in [-0.2, 0) is 21.4 Å². The van der Waals surface area contributed by atoms with Gasteiger partial charge in [-0.25, -0.2) is 13.4 Å². The summed E-state index contributed by atoms with van der Waals surface area (Å²) in [7, 11) is -3.69. The first kappa shape index (κ1) is 18.5. The van der Waals surface area contributed by atoms with Crippen molar-refractivity contribution >= 4 is 43.2 Å². The summed E-state index contributed by atoms with van der Waals surface area (Å²) in [5.41, 5.74) is 0.788. The lowest BCUT2D eigenvalue weighted by Gasteiger charge is -2.23. The topological polar surface area (TPSA) is 79.4 Å². The van der Waals surface area contributed by atoms with E-state index in [0.29, 0.717) is 25.9 Å². The number of nitrogens with zero attached hydrogens (tertiary/aromatic N) is 2. The Hall–Kier alpha value is -1.29. The lowest BCUT2D eigenvalue weighted by Crippen LogP contribution is -2.45. The molecule has 1 fully saturated rings. The van der Waals surface area contributed by atoms with Crippen LogP contribution in [0.2, 0.25) is 0 Å². The number of benzene rings is 1. The highest BCUT2D eigenvalue weighted by Crippen LogP contribution is 2.27. The van der Waals surface area contributed by atoms with E-state index in [0.717, 1.165) is 15.2 Å². The average Bonchev–Trinajstić information content (AvgIpc) is 3.22. The Morgan fingerprint density at radius 1 is 1.40 bits per heavy atom. The summed E-state index contributed by atoms with van der Waals surface area (Å²) >= 11 is 4.82. The molecule has 9 heteroatoms. The monoisotopic (exact) mass is 443 g/mol. The molecular formula is C16H18BrN3O3S2. The highest BCUT2D eigenvalue weighted by molar-refractivity contribution is 9.10. The van der Waals surface area contributed by atoms with Crippen LogP contribution in [0.15, 0.2) is 39.0 Å². The van der Waals surface area contributed by atoms with Crippen molar-refractivity contribution in [2.45, 2.75) is 37.2 Å². The molecule has 1 aromatic heterocycles. The largest absolute Gasteiger partial charge is 0.349 e. The van der Waals surface area contributed by atoms with E-state index < -0.39 is 16.1 Å². The highest BCUT2D eigenvalue weighted by atomic mass is 79.9. The number of sulfonamides is 1. The minimum atomic E-state index is -3.69. The molecule has 3 rings (SSSR count). The van der Waals surface area contributed by atoms with Crippen molar-refractivity contribution in [3.63, 3.8) is 0 Å². The maximum atomic E-state index is 12.9. The zero-order valence-electron chi connectivity index (χ0n) is 13.6. The van der Waals surface area contributed by atoms with E-state index >= 15 is 0 Å². The van der Waals surface area contributed by atoms with Gasteiger partial charge in [-0.2, -0.15) is 4.31 Å². The molecule has 1 saturated heterocycles. The number of nitrogens with one attached hydrogen (secondary N) is 1. The lowest BCUT2D eigenvalue weighted by atomic mass is 10.2. The number of amides is 1. The first-order valence-electron chi connectivity index (χ1n) is 7.84. The number of carbonyl (C=O) groups excluding carboxylic acids is 1. The van der Waals surface area contributed by atoms with Crippen LogP contribution < -0.4 is 5.32 Å². The van der Waals surface area contributed by atoms with Crippen molar-refractivity contribution in [3.8, 4) is 0 Å². The van der Waals surface area contributed by atoms with Gasteiger partial charge in [0.1, 0.15) is 6.04 Å². The lowest BCUT2D eigenvalue weighted by molar-refractivity contribution is -0.124. The number of thiazole rings is 1. The van der Waals surface area contributed by atoms with E-state index in [4.69, 9.17) is 0 Å². The summed E-state index contributed by atoms with van der Waals surface area (Å²) in [6.07, 6.45) is 1.20. The first-order chi connectivity index (χ1) is 11.9. The van der Waals surface area contributed by atoms with Crippen LogP contribution in [0.4, 0.5) is 0 Å². The van der Waals surface area contributed by atoms with E-state index in [-0.39, 0.29) is 10.8 Å². The fourth-order valence-corrected chi connectivity index (χ4v) is 5.35. The zero-order valence-corrected chi connectivity index (χ0v) is 16.8. The molecule has 2 heterocycles. The molecule has 0 spiro atoms. The van der Waals surface area contributed by atoms with Crippen LogP contribution in [0, 0.1) is 6.92 Å². The van der Waals surface area contributed by atoms with Gasteiger partial charge >= 0.3 is 0 Å². The van der Waals surface area contributed by atoms with Gasteiger partial charge in [0.25, 0.3) is 0 Å². The summed E-state index contributed by atoms with van der Waals surface area (Å²) in [6.45, 7) is 2.57. The van der Waals surface area contributed by atoms with Gasteiger partial charge in [0.2, 0.25) is 15.9 Å². The molecule has 0 radical (unpaired) electrons. The molecule has 134 valence electrons. The molecule has 1 N–H and O–H groups in total. The van der Waals surface area contributed by atoms with Gasteiger partial charge in [-0.3, -0.25) is 4.79 Å². The number of aryl methyl sites for hydroxylation is 1. The van der Waals surface area contributed by atoms with Crippen molar-refractivity contribution < 1.29 is 13.2 Å². The summed E-state index contributed by atoms with van der Waals surface area (Å²) in [4.78, 5) is 17.0. The maximum absolute atomic E-state index is 12.9. The molecule has 1 aromatic carbocycles. The molecule has 0 saturated carbocycles. The quantitative estimate of drug-likeness (QED) is 0.769. The van der Waals surface area contributed by atoms with Gasteiger partial charge < -0.3 is 5.32 Å². The molecule has 6 nitrogen and oxygen atoms in total. The third-order valence-corrected chi connectivity index (χ3v) is 7.31. The van der Waals surface area contributed by atoms with Crippen molar-refractivity contribution in [3.05, 3.63) is 44.8 Å². The summed E-state index contributed by atoms with van der Waals surface area (Å²) in [5, 5.41) is 5.63. The Bertz CT molecular complexity index is 865. The molecule has 0 bridgehead atoms. The van der Waals surface area contributed by atoms with E-state index in [1.54, 1.807) is 24.3 Å². The zero-order chi connectivity index (χ0) is 18.0. The van der Waals surface area contributed by atoms with E-state index in [1.165, 1.54) is 15.6 Å². The number of halogens is 1. The predicted molar refractivity (Wildman–Crippen MR) is 99.8 cm³/mol. The summed E-state index contributed by atoms with van der Waals surface area (Å²) in [5.74, 6) is -0.274. The van der Waals surface area contributed by atoms with Crippen LogP contribution in [-0.4, -0.2) is 36.2 Å². The Morgan fingerprint density at radius 2 is 2.12 bits per heavy atom. The van der Waals surface area contributed by atoms with Crippen LogP contribution in [0.5, 0.6) is 0 Å². The minimum Gasteiger partial charge on any atom is -0.349 e. The SMILES string of the molecule is Cc1nc(CNC(=O)C2CCCN2S(=O)(=O)c2ccc(Br)cc2)cs1. The van der Waals surface area contributed by atoms with Crippen molar-refractivity contribution in [2.75, 3.05) is 6.54 Å². The third-order valence-electron chi connectivity index (χ3n) is 4.04. The Balaban J connectivity index is 1.72. The van der Waals surface area contributed by atoms with Crippen molar-refractivity contribution in [1.82, 2.24) is 14.6 Å². The molecule has 0 aliphatic carbocycles. The Morgan fingerprint density at radius 3 is 2.76 bits per heavy atom. The smallest absolute Gasteiger partial charge is 0.243 e. The standard InChI is InChI=1S/C16H18BrN3O3S2/c1-11-19-13(10-24-11)9-18-16(21)15-3-2-8-20(15)25(22,23)14-6-4-12(17)5-7-14/h4-7,10,15H,2-3,8-9H2,1H3,(H,18,21). The Labute approximate surface area is 159 Å². The maximum Gasteiger partial charge on any atom is 0.243 e. The molecule has 1 aliphatic rings. The highest BCUT2D eigenvalue weighted by Gasteiger charge is 2.39. The van der Waals surface area contributed by atoms with Crippen LogP contribution in [0.1, 0.15) is 23.5 Å². The molecule has 1 unspecified atom stereocenters. The molecular weight excluding hydrogens is 426 g/mol. The Kier molecular flexibility index (Phi) is 5.57. The van der Waals surface area contributed by atoms with Gasteiger partial charge in [0.05, 0.1) is 22.1 Å². The molecule has 25 heavy (non-hydrogen) atoms. The first-order valence-corrected chi connectivity index (χ1v) is 11.0. The molecule has 1 aliphatic heterocycles. The number of aromatic nitrogens is 1. The average molecular weight is 444 g/mol. The van der Waals surface area contributed by atoms with Crippen LogP contribution in [0.25, 0.3) is 0 Å². The molecule has 1 amide bonds. The molecule has 2 aromatic rings. The summed E-state index contributed by atoms with van der Waals surface area (Å²) in [6, 6.07) is 5.79. The van der Waals surface area contributed by atoms with E-state index in [1.807, 2.05) is 12.3 Å². The second kappa shape index (κ2) is 7.53. The van der Waals surface area contributed by atoms with Gasteiger partial charge in [-0.1, -0.05) is 15.9 Å². The predicted octanol–water partition coefficient (Wildman–Crippen LogP) is 2.68. The third kappa shape index (κ3) is 4.11. The number of rotatable bonds is 5.